The Bertz CT molecular complexity index is 1780. The van der Waals surface area contributed by atoms with Crippen molar-refractivity contribution in [3.8, 4) is 44.5 Å². The highest BCUT2D eigenvalue weighted by Gasteiger charge is 2.44. The van der Waals surface area contributed by atoms with Crippen molar-refractivity contribution in [3.05, 3.63) is 144 Å². The largest absolute Gasteiger partial charge is 0.376 e. The lowest BCUT2D eigenvalue weighted by Gasteiger charge is -2.29. The van der Waals surface area contributed by atoms with E-state index in [0.717, 1.165) is 38.9 Å². The van der Waals surface area contributed by atoms with Crippen LogP contribution in [0.2, 0.25) is 0 Å². The van der Waals surface area contributed by atoms with Gasteiger partial charge in [-0.25, -0.2) is 0 Å². The summed E-state index contributed by atoms with van der Waals surface area (Å²) >= 11 is 0. The minimum Gasteiger partial charge on any atom is -0.376 e. The molecule has 0 atom stereocenters. The fraction of sp³-hybridized carbons (Fsp3) is 0.0286. The lowest BCUT2D eigenvalue weighted by molar-refractivity contribution is 0.131. The van der Waals surface area contributed by atoms with Crippen LogP contribution in [0.1, 0.15) is 16.7 Å². The Balaban J connectivity index is 1.44. The molecule has 0 spiro atoms. The van der Waals surface area contributed by atoms with E-state index in [9.17, 15) is 5.11 Å². The lowest BCUT2D eigenvalue weighted by atomic mass is 9.79. The van der Waals surface area contributed by atoms with E-state index >= 15 is 0 Å². The second-order valence-corrected chi connectivity index (χ2v) is 9.78. The van der Waals surface area contributed by atoms with Crippen molar-refractivity contribution in [1.82, 2.24) is 0 Å². The van der Waals surface area contributed by atoms with E-state index < -0.39 is 5.60 Å². The van der Waals surface area contributed by atoms with Crippen LogP contribution in [0.5, 0.6) is 0 Å². The average molecular weight is 459 g/mol. The Morgan fingerprint density at radius 1 is 0.333 bits per heavy atom. The molecule has 0 amide bonds. The summed E-state index contributed by atoms with van der Waals surface area (Å²) in [6.07, 6.45) is 0. The number of fused-ring (bicyclic) bond motifs is 6. The predicted molar refractivity (Wildman–Crippen MR) is 148 cm³/mol. The van der Waals surface area contributed by atoms with Gasteiger partial charge in [0, 0.05) is 16.7 Å². The minimum absolute atomic E-state index is 0.915. The maximum Gasteiger partial charge on any atom is 0.142 e. The van der Waals surface area contributed by atoms with E-state index in [0.29, 0.717) is 0 Å². The van der Waals surface area contributed by atoms with Gasteiger partial charge in [-0.1, -0.05) is 127 Å². The molecule has 1 nitrogen and oxygen atoms in total. The molecular formula is C35H22O. The number of rotatable bonds is 2. The molecule has 0 saturated heterocycles. The van der Waals surface area contributed by atoms with Gasteiger partial charge in [-0.3, -0.25) is 0 Å². The summed E-state index contributed by atoms with van der Waals surface area (Å²) in [4.78, 5) is 0. The first-order valence-electron chi connectivity index (χ1n) is 12.4. The molecule has 2 aliphatic carbocycles. The van der Waals surface area contributed by atoms with Crippen molar-refractivity contribution in [1.29, 1.82) is 0 Å². The molecule has 1 N–H and O–H groups in total. The maximum absolute atomic E-state index is 12.6. The molecule has 8 rings (SSSR count). The molecule has 0 saturated carbocycles. The van der Waals surface area contributed by atoms with Crippen LogP contribution in [0.3, 0.4) is 0 Å². The first kappa shape index (κ1) is 19.8. The van der Waals surface area contributed by atoms with Crippen LogP contribution < -0.4 is 0 Å². The molecule has 6 aromatic carbocycles. The fourth-order valence-electron chi connectivity index (χ4n) is 6.58. The van der Waals surface area contributed by atoms with E-state index in [1.54, 1.807) is 0 Å². The lowest BCUT2D eigenvalue weighted by Crippen LogP contribution is -2.27. The third-order valence-electron chi connectivity index (χ3n) is 8.08. The van der Waals surface area contributed by atoms with Crippen molar-refractivity contribution >= 4 is 10.8 Å². The predicted octanol–water partition coefficient (Wildman–Crippen LogP) is 8.42. The summed E-state index contributed by atoms with van der Waals surface area (Å²) in [5, 5.41) is 15.2. The van der Waals surface area contributed by atoms with E-state index in [4.69, 9.17) is 0 Å². The van der Waals surface area contributed by atoms with Crippen LogP contribution in [-0.2, 0) is 5.60 Å². The van der Waals surface area contributed by atoms with Gasteiger partial charge in [0.1, 0.15) is 5.60 Å². The summed E-state index contributed by atoms with van der Waals surface area (Å²) in [5.41, 5.74) is 11.1. The van der Waals surface area contributed by atoms with E-state index in [1.165, 1.54) is 33.0 Å². The van der Waals surface area contributed by atoms with Crippen LogP contribution in [0.15, 0.2) is 127 Å². The second-order valence-electron chi connectivity index (χ2n) is 9.78. The molecule has 2 aliphatic rings. The zero-order chi connectivity index (χ0) is 23.9. The summed E-state index contributed by atoms with van der Waals surface area (Å²) in [7, 11) is 0. The van der Waals surface area contributed by atoms with Gasteiger partial charge in [-0.15, -0.1) is 0 Å². The van der Waals surface area contributed by atoms with Crippen molar-refractivity contribution < 1.29 is 5.11 Å². The highest BCUT2D eigenvalue weighted by Crippen LogP contribution is 2.54. The molecule has 0 aliphatic heterocycles. The van der Waals surface area contributed by atoms with Crippen LogP contribution in [0.25, 0.3) is 55.3 Å². The van der Waals surface area contributed by atoms with E-state index in [1.807, 2.05) is 30.3 Å². The normalized spacial score (nSPS) is 13.9. The third kappa shape index (κ3) is 2.38. The molecule has 0 aromatic heterocycles. The standard InChI is InChI=1S/C35H22O/c36-35(32-18-7-4-13-26(32)27-14-5-8-19-33(27)35)31-17-6-3-12-25(31)24-20-21-30-23-11-2-1-10-22(23)28-15-9-16-29(24)34(28)30/h1-21,36H. The van der Waals surface area contributed by atoms with Gasteiger partial charge in [0.05, 0.1) is 0 Å². The van der Waals surface area contributed by atoms with Crippen molar-refractivity contribution in [2.75, 3.05) is 0 Å². The number of hydrogen-bond donors (Lipinski definition) is 1. The van der Waals surface area contributed by atoms with Crippen molar-refractivity contribution in [3.63, 3.8) is 0 Å². The molecule has 36 heavy (non-hydrogen) atoms. The van der Waals surface area contributed by atoms with Crippen LogP contribution in [0.4, 0.5) is 0 Å². The molecule has 1 heteroatoms. The number of aliphatic hydroxyl groups is 1. The average Bonchev–Trinajstić information content (AvgIpc) is 3.41. The van der Waals surface area contributed by atoms with Gasteiger partial charge in [-0.05, 0) is 55.3 Å². The zero-order valence-electron chi connectivity index (χ0n) is 19.6. The van der Waals surface area contributed by atoms with Gasteiger partial charge in [0.15, 0.2) is 0 Å². The molecule has 168 valence electrons. The summed E-state index contributed by atoms with van der Waals surface area (Å²) in [6.45, 7) is 0. The SMILES string of the molecule is OC1(c2ccccc2-c2ccc3c4c(cccc24)-c2ccccc2-3)c2ccccc2-c2ccccc21. The molecule has 0 fully saturated rings. The Morgan fingerprint density at radius 2 is 0.722 bits per heavy atom. The molecule has 0 bridgehead atoms. The molecule has 6 aromatic rings. The smallest absolute Gasteiger partial charge is 0.142 e. The zero-order valence-corrected chi connectivity index (χ0v) is 19.6. The van der Waals surface area contributed by atoms with Crippen LogP contribution in [-0.4, -0.2) is 5.11 Å². The van der Waals surface area contributed by atoms with Gasteiger partial charge in [0.2, 0.25) is 0 Å². The first-order chi connectivity index (χ1) is 17.8. The topological polar surface area (TPSA) is 20.2 Å². The van der Waals surface area contributed by atoms with Crippen molar-refractivity contribution in [2.45, 2.75) is 5.60 Å². The highest BCUT2D eigenvalue weighted by molar-refractivity contribution is 6.18. The number of benzene rings is 6. The first-order valence-corrected chi connectivity index (χ1v) is 12.4. The molecular weight excluding hydrogens is 436 g/mol. The van der Waals surface area contributed by atoms with E-state index in [2.05, 4.69) is 97.1 Å². The summed E-state index contributed by atoms with van der Waals surface area (Å²) in [5.74, 6) is 0. The quantitative estimate of drug-likeness (QED) is 0.276. The molecule has 0 heterocycles. The van der Waals surface area contributed by atoms with Crippen LogP contribution >= 0.6 is 0 Å². The Hall–Kier alpha value is -4.46. The molecule has 0 radical (unpaired) electrons. The van der Waals surface area contributed by atoms with Gasteiger partial charge >= 0.3 is 0 Å². The monoisotopic (exact) mass is 458 g/mol. The maximum atomic E-state index is 12.6. The highest BCUT2D eigenvalue weighted by atomic mass is 16.3. The fourth-order valence-corrected chi connectivity index (χ4v) is 6.58. The molecule has 0 unspecified atom stereocenters. The number of hydrogen-bond acceptors (Lipinski definition) is 1. The Labute approximate surface area is 209 Å². The summed E-state index contributed by atoms with van der Waals surface area (Å²) < 4.78 is 0. The van der Waals surface area contributed by atoms with Gasteiger partial charge in [-0.2, -0.15) is 0 Å². The van der Waals surface area contributed by atoms with Crippen LogP contribution in [0, 0.1) is 0 Å². The minimum atomic E-state index is -1.23. The van der Waals surface area contributed by atoms with Gasteiger partial charge in [0.25, 0.3) is 0 Å². The Kier molecular flexibility index (Phi) is 3.87. The second kappa shape index (κ2) is 7.04. The van der Waals surface area contributed by atoms with Gasteiger partial charge < -0.3 is 5.11 Å². The Morgan fingerprint density at radius 3 is 1.28 bits per heavy atom. The van der Waals surface area contributed by atoms with Crippen molar-refractivity contribution in [2.24, 2.45) is 0 Å². The summed E-state index contributed by atoms with van der Waals surface area (Å²) in [6, 6.07) is 44.6. The van der Waals surface area contributed by atoms with E-state index in [-0.39, 0.29) is 0 Å². The third-order valence-corrected chi connectivity index (χ3v) is 8.08.